The molecule has 1 N–H and O–H groups in total. The van der Waals surface area contributed by atoms with Gasteiger partial charge < -0.3 is 10.1 Å². The molecule has 0 saturated heterocycles. The Labute approximate surface area is 166 Å². The monoisotopic (exact) mass is 396 g/mol. The molecule has 142 valence electrons. The second-order valence-corrected chi connectivity index (χ2v) is 6.42. The van der Waals surface area contributed by atoms with E-state index in [1.165, 1.54) is 6.07 Å². The van der Waals surface area contributed by atoms with Gasteiger partial charge in [-0.1, -0.05) is 48.0 Å². The first kappa shape index (κ1) is 19.4. The van der Waals surface area contributed by atoms with E-state index in [1.54, 1.807) is 48.5 Å². The second kappa shape index (κ2) is 9.01. The number of halogens is 1. The van der Waals surface area contributed by atoms with Gasteiger partial charge in [-0.2, -0.15) is 0 Å². The maximum absolute atomic E-state index is 12.2. The molecular formula is C21H17ClN2O4. The molecule has 0 fully saturated rings. The Morgan fingerprint density at radius 3 is 2.29 bits per heavy atom. The van der Waals surface area contributed by atoms with Crippen LogP contribution in [-0.4, -0.2) is 10.8 Å². The van der Waals surface area contributed by atoms with Gasteiger partial charge in [0.05, 0.1) is 11.3 Å². The van der Waals surface area contributed by atoms with Crippen LogP contribution in [-0.2, 0) is 17.8 Å². The lowest BCUT2D eigenvalue weighted by Gasteiger charge is -2.09. The third kappa shape index (κ3) is 5.08. The Kier molecular flexibility index (Phi) is 6.24. The molecule has 0 aromatic heterocycles. The Bertz CT molecular complexity index is 990. The Balaban J connectivity index is 1.57. The van der Waals surface area contributed by atoms with Crippen molar-refractivity contribution < 1.29 is 14.5 Å². The number of amides is 1. The fourth-order valence-corrected chi connectivity index (χ4v) is 2.82. The summed E-state index contributed by atoms with van der Waals surface area (Å²) in [6, 6.07) is 20.5. The van der Waals surface area contributed by atoms with Gasteiger partial charge in [0.1, 0.15) is 12.4 Å². The highest BCUT2D eigenvalue weighted by Crippen LogP contribution is 2.21. The van der Waals surface area contributed by atoms with Gasteiger partial charge in [-0.25, -0.2) is 0 Å². The van der Waals surface area contributed by atoms with Gasteiger partial charge in [-0.3, -0.25) is 14.9 Å². The first-order chi connectivity index (χ1) is 13.5. The predicted molar refractivity (Wildman–Crippen MR) is 108 cm³/mol. The van der Waals surface area contributed by atoms with Gasteiger partial charge in [0.2, 0.25) is 5.91 Å². The number of benzene rings is 3. The number of anilines is 1. The first-order valence-electron chi connectivity index (χ1n) is 8.51. The van der Waals surface area contributed by atoms with E-state index in [9.17, 15) is 14.9 Å². The molecule has 0 aliphatic heterocycles. The van der Waals surface area contributed by atoms with E-state index in [2.05, 4.69) is 5.32 Å². The third-order valence-electron chi connectivity index (χ3n) is 4.03. The number of rotatable bonds is 7. The molecule has 0 saturated carbocycles. The summed E-state index contributed by atoms with van der Waals surface area (Å²) in [7, 11) is 0. The van der Waals surface area contributed by atoms with Crippen LogP contribution in [0.2, 0.25) is 5.02 Å². The first-order valence-corrected chi connectivity index (χ1v) is 8.89. The number of hydrogen-bond donors (Lipinski definition) is 1. The fraction of sp³-hybridized carbons (Fsp3) is 0.0952. The molecule has 3 rings (SSSR count). The molecule has 0 heterocycles. The largest absolute Gasteiger partial charge is 0.489 e. The van der Waals surface area contributed by atoms with E-state index in [-0.39, 0.29) is 18.0 Å². The normalized spacial score (nSPS) is 10.3. The molecule has 0 radical (unpaired) electrons. The average molecular weight is 397 g/mol. The molecule has 3 aromatic rings. The molecular weight excluding hydrogens is 380 g/mol. The smallest absolute Gasteiger partial charge is 0.273 e. The maximum Gasteiger partial charge on any atom is 0.273 e. The van der Waals surface area contributed by atoms with Crippen LogP contribution in [0.15, 0.2) is 72.8 Å². The molecule has 3 aromatic carbocycles. The van der Waals surface area contributed by atoms with E-state index in [4.69, 9.17) is 16.3 Å². The highest BCUT2D eigenvalue weighted by Gasteiger charge is 2.15. The average Bonchev–Trinajstić information content (AvgIpc) is 2.68. The van der Waals surface area contributed by atoms with Crippen molar-refractivity contribution in [3.63, 3.8) is 0 Å². The Hall–Kier alpha value is -3.38. The lowest BCUT2D eigenvalue weighted by atomic mass is 10.1. The number of para-hydroxylation sites is 1. The minimum Gasteiger partial charge on any atom is -0.489 e. The number of ether oxygens (including phenoxy) is 1. The van der Waals surface area contributed by atoms with Gasteiger partial charge in [-0.15, -0.1) is 0 Å². The lowest BCUT2D eigenvalue weighted by molar-refractivity contribution is -0.385. The Morgan fingerprint density at radius 2 is 1.61 bits per heavy atom. The number of nitrogens with zero attached hydrogens (tertiary/aromatic N) is 1. The van der Waals surface area contributed by atoms with Crippen molar-refractivity contribution in [2.45, 2.75) is 13.0 Å². The second-order valence-electron chi connectivity index (χ2n) is 6.02. The molecule has 0 spiro atoms. The highest BCUT2D eigenvalue weighted by molar-refractivity contribution is 6.31. The molecule has 0 aliphatic carbocycles. The molecule has 0 aliphatic rings. The number of nitro groups is 1. The van der Waals surface area contributed by atoms with Crippen molar-refractivity contribution in [3.05, 3.63) is 99.1 Å². The SMILES string of the molecule is O=C(Cc1ccccc1[N+](=O)[O-])Nc1ccc(OCc2ccccc2Cl)cc1. The van der Waals surface area contributed by atoms with Gasteiger partial charge >= 0.3 is 0 Å². The third-order valence-corrected chi connectivity index (χ3v) is 4.40. The summed E-state index contributed by atoms with van der Waals surface area (Å²) >= 11 is 6.10. The molecule has 0 unspecified atom stereocenters. The molecule has 0 bridgehead atoms. The number of nitrogens with one attached hydrogen (secondary N) is 1. The molecule has 6 nitrogen and oxygen atoms in total. The van der Waals surface area contributed by atoms with Crippen molar-refractivity contribution in [1.29, 1.82) is 0 Å². The van der Waals surface area contributed by atoms with Gasteiger partial charge in [-0.05, 0) is 30.3 Å². The summed E-state index contributed by atoms with van der Waals surface area (Å²) in [6.07, 6.45) is -0.0814. The van der Waals surface area contributed by atoms with E-state index in [1.807, 2.05) is 18.2 Å². The van der Waals surface area contributed by atoms with Crippen LogP contribution in [0.1, 0.15) is 11.1 Å². The minimum absolute atomic E-state index is 0.0685. The van der Waals surface area contributed by atoms with Gasteiger partial charge in [0.25, 0.3) is 5.69 Å². The zero-order valence-corrected chi connectivity index (χ0v) is 15.6. The zero-order valence-electron chi connectivity index (χ0n) is 14.8. The maximum atomic E-state index is 12.2. The van der Waals surface area contributed by atoms with Gasteiger partial charge in [0, 0.05) is 27.9 Å². The molecule has 0 atom stereocenters. The van der Waals surface area contributed by atoms with Crippen molar-refractivity contribution in [1.82, 2.24) is 0 Å². The summed E-state index contributed by atoms with van der Waals surface area (Å²) in [6.45, 7) is 0.336. The lowest BCUT2D eigenvalue weighted by Crippen LogP contribution is -2.15. The van der Waals surface area contributed by atoms with E-state index in [0.29, 0.717) is 28.6 Å². The quantitative estimate of drug-likeness (QED) is 0.449. The molecule has 1 amide bonds. The van der Waals surface area contributed by atoms with Crippen LogP contribution in [0.5, 0.6) is 5.75 Å². The number of carbonyl (C=O) groups excluding carboxylic acids is 1. The van der Waals surface area contributed by atoms with Crippen molar-refractivity contribution >= 4 is 28.9 Å². The summed E-state index contributed by atoms with van der Waals surface area (Å²) in [4.78, 5) is 22.8. The number of carbonyl (C=O) groups is 1. The molecule has 7 heteroatoms. The van der Waals surface area contributed by atoms with Gasteiger partial charge in [0.15, 0.2) is 0 Å². The van der Waals surface area contributed by atoms with Crippen LogP contribution in [0.3, 0.4) is 0 Å². The summed E-state index contributed by atoms with van der Waals surface area (Å²) < 4.78 is 5.70. The van der Waals surface area contributed by atoms with Crippen LogP contribution in [0.25, 0.3) is 0 Å². The summed E-state index contributed by atoms with van der Waals surface area (Å²) in [5, 5.41) is 14.4. The fourth-order valence-electron chi connectivity index (χ4n) is 2.63. The Morgan fingerprint density at radius 1 is 0.964 bits per heavy atom. The van der Waals surface area contributed by atoms with E-state index >= 15 is 0 Å². The van der Waals surface area contributed by atoms with Crippen LogP contribution < -0.4 is 10.1 Å². The minimum atomic E-state index is -0.492. The number of hydrogen-bond acceptors (Lipinski definition) is 4. The van der Waals surface area contributed by atoms with Crippen molar-refractivity contribution in [2.75, 3.05) is 5.32 Å². The van der Waals surface area contributed by atoms with Crippen LogP contribution in [0, 0.1) is 10.1 Å². The van der Waals surface area contributed by atoms with E-state index in [0.717, 1.165) is 5.56 Å². The summed E-state index contributed by atoms with van der Waals surface area (Å²) in [5.74, 6) is 0.302. The van der Waals surface area contributed by atoms with Crippen LogP contribution in [0.4, 0.5) is 11.4 Å². The summed E-state index contributed by atoms with van der Waals surface area (Å²) in [5.41, 5.74) is 1.75. The van der Waals surface area contributed by atoms with Crippen LogP contribution >= 0.6 is 11.6 Å². The molecule has 28 heavy (non-hydrogen) atoms. The highest BCUT2D eigenvalue weighted by atomic mass is 35.5. The van der Waals surface area contributed by atoms with Crippen molar-refractivity contribution in [3.8, 4) is 5.75 Å². The van der Waals surface area contributed by atoms with E-state index < -0.39 is 4.92 Å². The topological polar surface area (TPSA) is 81.5 Å². The standard InChI is InChI=1S/C21H17ClN2O4/c22-19-7-3-1-6-16(19)14-28-18-11-9-17(10-12-18)23-21(25)13-15-5-2-4-8-20(15)24(26)27/h1-12H,13-14H2,(H,23,25). The number of nitro benzene ring substituents is 1. The zero-order chi connectivity index (χ0) is 19.9. The predicted octanol–water partition coefficient (Wildman–Crippen LogP) is 5.01. The van der Waals surface area contributed by atoms with Crippen molar-refractivity contribution in [2.24, 2.45) is 0 Å².